The Morgan fingerprint density at radius 3 is 2.62 bits per heavy atom. The van der Waals surface area contributed by atoms with Gasteiger partial charge in [-0.1, -0.05) is 31.9 Å². The van der Waals surface area contributed by atoms with Gasteiger partial charge in [-0.15, -0.1) is 0 Å². The Balaban J connectivity index is 2.85. The number of nitrogens with two attached hydrogens (primary N) is 1. The highest BCUT2D eigenvalue weighted by Gasteiger charge is 2.12. The van der Waals surface area contributed by atoms with Gasteiger partial charge in [0.05, 0.1) is 16.4 Å². The monoisotopic (exact) mass is 244 g/mol. The van der Waals surface area contributed by atoms with Crippen molar-refractivity contribution in [2.24, 2.45) is 5.92 Å². The molecule has 0 saturated carbocycles. The van der Waals surface area contributed by atoms with Gasteiger partial charge in [0, 0.05) is 12.1 Å². The molecule has 2 unspecified atom stereocenters. The van der Waals surface area contributed by atoms with E-state index in [1.165, 1.54) is 12.1 Å². The Morgan fingerprint density at radius 2 is 2.06 bits per heavy atom. The second kappa shape index (κ2) is 5.39. The summed E-state index contributed by atoms with van der Waals surface area (Å²) < 4.78 is 13.1. The topological polar surface area (TPSA) is 38.0 Å². The second-order valence-corrected chi connectivity index (χ2v) is 4.58. The summed E-state index contributed by atoms with van der Waals surface area (Å²) in [6.07, 6.45) is 1.07. The minimum absolute atomic E-state index is 0.0908. The first-order valence-electron chi connectivity index (χ1n) is 5.46. The molecule has 0 amide bonds. The van der Waals surface area contributed by atoms with Crippen LogP contribution in [0, 0.1) is 11.7 Å². The van der Waals surface area contributed by atoms with E-state index in [0.717, 1.165) is 6.42 Å². The Morgan fingerprint density at radius 1 is 1.44 bits per heavy atom. The van der Waals surface area contributed by atoms with E-state index in [1.54, 1.807) is 0 Å². The summed E-state index contributed by atoms with van der Waals surface area (Å²) in [5.41, 5.74) is 6.80. The number of benzene rings is 1. The third-order valence-corrected chi connectivity index (χ3v) is 3.26. The number of nitrogen functional groups attached to an aromatic ring is 1. The maximum atomic E-state index is 13.1. The van der Waals surface area contributed by atoms with Crippen LogP contribution in [-0.4, -0.2) is 6.04 Å². The molecule has 2 nitrogen and oxygen atoms in total. The SMILES string of the molecule is CCC(C)C(C)Nc1cc(Cl)c(F)cc1N. The van der Waals surface area contributed by atoms with Crippen LogP contribution in [0.5, 0.6) is 0 Å². The lowest BCUT2D eigenvalue weighted by Gasteiger charge is -2.22. The van der Waals surface area contributed by atoms with E-state index in [-0.39, 0.29) is 11.1 Å². The minimum atomic E-state index is -0.485. The highest BCUT2D eigenvalue weighted by molar-refractivity contribution is 6.31. The number of hydrogen-bond acceptors (Lipinski definition) is 2. The molecule has 0 bridgehead atoms. The van der Waals surface area contributed by atoms with Gasteiger partial charge >= 0.3 is 0 Å². The smallest absolute Gasteiger partial charge is 0.143 e. The predicted molar refractivity (Wildman–Crippen MR) is 68.4 cm³/mol. The molecule has 0 aliphatic rings. The third-order valence-electron chi connectivity index (χ3n) is 2.97. The Kier molecular flexibility index (Phi) is 4.42. The van der Waals surface area contributed by atoms with Gasteiger partial charge in [0.25, 0.3) is 0 Å². The van der Waals surface area contributed by atoms with Crippen LogP contribution < -0.4 is 11.1 Å². The van der Waals surface area contributed by atoms with E-state index in [0.29, 0.717) is 17.3 Å². The fourth-order valence-electron chi connectivity index (χ4n) is 1.43. The van der Waals surface area contributed by atoms with Gasteiger partial charge in [-0.2, -0.15) is 0 Å². The van der Waals surface area contributed by atoms with Crippen molar-refractivity contribution in [2.75, 3.05) is 11.1 Å². The summed E-state index contributed by atoms with van der Waals surface area (Å²) in [6.45, 7) is 6.35. The predicted octanol–water partition coefficient (Wildman–Crippen LogP) is 3.91. The molecule has 0 aliphatic carbocycles. The number of halogens is 2. The standard InChI is InChI=1S/C12H18ClFN2/c1-4-7(2)8(3)16-12-5-9(13)10(14)6-11(12)15/h5-8,16H,4,15H2,1-3H3. The van der Waals surface area contributed by atoms with Gasteiger partial charge in [-0.3, -0.25) is 0 Å². The molecule has 4 heteroatoms. The van der Waals surface area contributed by atoms with Gasteiger partial charge in [-0.05, 0) is 18.9 Å². The first kappa shape index (κ1) is 13.1. The fraction of sp³-hybridized carbons (Fsp3) is 0.500. The highest BCUT2D eigenvalue weighted by atomic mass is 35.5. The van der Waals surface area contributed by atoms with Gasteiger partial charge in [0.1, 0.15) is 5.82 Å². The third kappa shape index (κ3) is 3.01. The fourth-order valence-corrected chi connectivity index (χ4v) is 1.59. The molecule has 1 aromatic rings. The number of hydrogen-bond donors (Lipinski definition) is 2. The quantitative estimate of drug-likeness (QED) is 0.789. The summed E-state index contributed by atoms with van der Waals surface area (Å²) in [5.74, 6) is 0.0316. The summed E-state index contributed by atoms with van der Waals surface area (Å²) in [7, 11) is 0. The van der Waals surface area contributed by atoms with Crippen LogP contribution in [0.4, 0.5) is 15.8 Å². The molecule has 0 saturated heterocycles. The first-order valence-corrected chi connectivity index (χ1v) is 5.84. The van der Waals surface area contributed by atoms with Crippen LogP contribution in [0.1, 0.15) is 27.2 Å². The molecule has 1 rings (SSSR count). The second-order valence-electron chi connectivity index (χ2n) is 4.17. The summed E-state index contributed by atoms with van der Waals surface area (Å²) in [4.78, 5) is 0. The average Bonchev–Trinajstić information content (AvgIpc) is 2.24. The highest BCUT2D eigenvalue weighted by Crippen LogP contribution is 2.27. The molecular weight excluding hydrogens is 227 g/mol. The van der Waals surface area contributed by atoms with Crippen LogP contribution in [0.3, 0.4) is 0 Å². The summed E-state index contributed by atoms with van der Waals surface area (Å²) >= 11 is 5.71. The first-order chi connectivity index (χ1) is 7.45. The molecule has 16 heavy (non-hydrogen) atoms. The van der Waals surface area contributed by atoms with Crippen LogP contribution in [0.25, 0.3) is 0 Å². The maximum Gasteiger partial charge on any atom is 0.143 e. The molecule has 1 aromatic carbocycles. The normalized spacial score (nSPS) is 14.6. The molecular formula is C12H18ClFN2. The van der Waals surface area contributed by atoms with Crippen molar-refractivity contribution in [3.8, 4) is 0 Å². The van der Waals surface area contributed by atoms with E-state index in [9.17, 15) is 4.39 Å². The van der Waals surface area contributed by atoms with E-state index in [1.807, 2.05) is 0 Å². The van der Waals surface area contributed by atoms with Gasteiger partial charge < -0.3 is 11.1 Å². The van der Waals surface area contributed by atoms with Crippen LogP contribution in [-0.2, 0) is 0 Å². The zero-order valence-electron chi connectivity index (χ0n) is 9.85. The molecule has 3 N–H and O–H groups in total. The Bertz CT molecular complexity index is 368. The van der Waals surface area contributed by atoms with E-state index in [2.05, 4.69) is 26.1 Å². The molecule has 0 fully saturated rings. The van der Waals surface area contributed by atoms with E-state index in [4.69, 9.17) is 17.3 Å². The number of anilines is 2. The zero-order valence-corrected chi connectivity index (χ0v) is 10.6. The molecule has 0 spiro atoms. The lowest BCUT2D eigenvalue weighted by atomic mass is 10.0. The average molecular weight is 245 g/mol. The molecule has 90 valence electrons. The minimum Gasteiger partial charge on any atom is -0.397 e. The maximum absolute atomic E-state index is 13.1. The van der Waals surface area contributed by atoms with Crippen LogP contribution >= 0.6 is 11.6 Å². The lowest BCUT2D eigenvalue weighted by Crippen LogP contribution is -2.23. The summed E-state index contributed by atoms with van der Waals surface area (Å²) in [6, 6.07) is 3.05. The van der Waals surface area contributed by atoms with Crippen molar-refractivity contribution in [3.05, 3.63) is 23.0 Å². The van der Waals surface area contributed by atoms with Gasteiger partial charge in [0.2, 0.25) is 0 Å². The lowest BCUT2D eigenvalue weighted by molar-refractivity contribution is 0.495. The number of rotatable bonds is 4. The van der Waals surface area contributed by atoms with Crippen molar-refractivity contribution >= 4 is 23.0 Å². The molecule has 2 atom stereocenters. The van der Waals surface area contributed by atoms with Crippen molar-refractivity contribution in [1.82, 2.24) is 0 Å². The van der Waals surface area contributed by atoms with E-state index >= 15 is 0 Å². The summed E-state index contributed by atoms with van der Waals surface area (Å²) in [5, 5.41) is 3.34. The zero-order chi connectivity index (χ0) is 12.3. The van der Waals surface area contributed by atoms with Crippen molar-refractivity contribution in [2.45, 2.75) is 33.2 Å². The molecule has 0 aliphatic heterocycles. The Hall–Kier alpha value is -0.960. The van der Waals surface area contributed by atoms with Gasteiger partial charge in [0.15, 0.2) is 0 Å². The van der Waals surface area contributed by atoms with Crippen molar-refractivity contribution in [3.63, 3.8) is 0 Å². The van der Waals surface area contributed by atoms with Gasteiger partial charge in [-0.25, -0.2) is 4.39 Å². The number of nitrogens with one attached hydrogen (secondary N) is 1. The van der Waals surface area contributed by atoms with Crippen LogP contribution in [0.2, 0.25) is 5.02 Å². The molecule has 0 radical (unpaired) electrons. The molecule has 0 aromatic heterocycles. The van der Waals surface area contributed by atoms with Crippen molar-refractivity contribution < 1.29 is 4.39 Å². The molecule has 0 heterocycles. The van der Waals surface area contributed by atoms with Crippen LogP contribution in [0.15, 0.2) is 12.1 Å². The van der Waals surface area contributed by atoms with E-state index < -0.39 is 5.82 Å². The Labute approximate surface area is 101 Å². The largest absolute Gasteiger partial charge is 0.397 e. The van der Waals surface area contributed by atoms with Crippen molar-refractivity contribution in [1.29, 1.82) is 0 Å².